The third kappa shape index (κ3) is 31.6. The number of unbranched alkanes of at least 4 members (excludes halogenated alkanes) is 18. The number of hydrogen-bond donors (Lipinski definition) is 4. The molecule has 0 radical (unpaired) electrons. The summed E-state index contributed by atoms with van der Waals surface area (Å²) in [6, 6.07) is 0. The van der Waals surface area contributed by atoms with Gasteiger partial charge < -0.3 is 34.3 Å². The Labute approximate surface area is 357 Å². The van der Waals surface area contributed by atoms with Crippen LogP contribution in [-0.2, 0) is 38.3 Å². The molecule has 0 spiro atoms. The lowest BCUT2D eigenvalue weighted by Gasteiger charge is -2.41. The maximum atomic E-state index is 12.9. The third-order valence-corrected chi connectivity index (χ3v) is 10.6. The Hall–Kier alpha value is -1.94. The first-order valence-corrected chi connectivity index (χ1v) is 24.3. The van der Waals surface area contributed by atoms with Crippen LogP contribution < -0.4 is 0 Å². The van der Waals surface area contributed by atoms with E-state index in [0.717, 1.165) is 77.0 Å². The van der Waals surface area contributed by atoms with Crippen molar-refractivity contribution < 1.29 is 56.2 Å². The number of aliphatic hydroxyl groups excluding tert-OH is 3. The number of aliphatic hydroxyl groups is 3. The van der Waals surface area contributed by atoms with Gasteiger partial charge in [0.25, 0.3) is 0 Å². The first-order valence-electron chi connectivity index (χ1n) is 22.9. The van der Waals surface area contributed by atoms with Gasteiger partial charge in [-0.05, 0) is 70.6 Å². The maximum Gasteiger partial charge on any atom is 0.397 e. The Morgan fingerprint density at radius 1 is 0.644 bits per heavy atom. The van der Waals surface area contributed by atoms with Crippen molar-refractivity contribution in [1.82, 2.24) is 0 Å². The van der Waals surface area contributed by atoms with E-state index in [-0.39, 0.29) is 19.6 Å². The van der Waals surface area contributed by atoms with Gasteiger partial charge >= 0.3 is 16.4 Å². The van der Waals surface area contributed by atoms with Gasteiger partial charge in [0.15, 0.2) is 6.29 Å². The molecular weight excluding hydrogens is 777 g/mol. The molecule has 4 N–H and O–H groups in total. The Bertz CT molecular complexity index is 1220. The van der Waals surface area contributed by atoms with E-state index in [1.54, 1.807) is 0 Å². The second kappa shape index (κ2) is 37.8. The van der Waals surface area contributed by atoms with Crippen LogP contribution in [0.4, 0.5) is 0 Å². The van der Waals surface area contributed by atoms with Gasteiger partial charge in [0.1, 0.15) is 30.5 Å². The van der Waals surface area contributed by atoms with Gasteiger partial charge in [-0.25, -0.2) is 4.18 Å². The average molecular weight is 859 g/mol. The maximum absolute atomic E-state index is 12.9. The van der Waals surface area contributed by atoms with Crippen molar-refractivity contribution in [3.05, 3.63) is 48.6 Å². The normalized spacial score (nSPS) is 20.8. The fraction of sp³-hybridized carbons (Fsp3) is 0.804. The molecule has 1 aliphatic rings. The molecule has 344 valence electrons. The molecule has 1 aliphatic heterocycles. The van der Waals surface area contributed by atoms with Gasteiger partial charge in [-0.3, -0.25) is 9.35 Å². The van der Waals surface area contributed by atoms with E-state index >= 15 is 0 Å². The molecule has 6 unspecified atom stereocenters. The summed E-state index contributed by atoms with van der Waals surface area (Å²) in [6.07, 6.45) is 35.7. The highest BCUT2D eigenvalue weighted by Crippen LogP contribution is 2.26. The minimum absolute atomic E-state index is 0.0243. The summed E-state index contributed by atoms with van der Waals surface area (Å²) in [5.41, 5.74) is 0. The van der Waals surface area contributed by atoms with E-state index in [1.807, 2.05) is 0 Å². The van der Waals surface area contributed by atoms with E-state index in [1.165, 1.54) is 70.6 Å². The Balaban J connectivity index is 2.43. The minimum Gasteiger partial charge on any atom is -0.457 e. The Morgan fingerprint density at radius 3 is 1.68 bits per heavy atom. The molecule has 1 rings (SSSR count). The zero-order valence-corrected chi connectivity index (χ0v) is 37.4. The number of esters is 1. The number of carbonyl (C=O) groups excluding carboxylic acids is 1. The molecule has 1 heterocycles. The van der Waals surface area contributed by atoms with E-state index in [4.69, 9.17) is 23.5 Å². The molecule has 0 aromatic heterocycles. The first kappa shape index (κ1) is 55.1. The molecule has 1 fully saturated rings. The first-order chi connectivity index (χ1) is 28.6. The van der Waals surface area contributed by atoms with Crippen molar-refractivity contribution in [3.8, 4) is 0 Å². The Kier molecular flexibility index (Phi) is 35.3. The number of ether oxygens (including phenoxy) is 4. The van der Waals surface area contributed by atoms with Crippen LogP contribution in [0.15, 0.2) is 48.6 Å². The van der Waals surface area contributed by atoms with Crippen LogP contribution in [-0.4, -0.2) is 97.5 Å². The lowest BCUT2D eigenvalue weighted by atomic mass is 9.99. The standard InChI is InChI=1S/C46H82O12S/c1-3-5-7-9-11-13-15-17-19-20-21-22-23-25-27-29-31-33-35-42(48)56-40(38-54-36-34-32-30-28-26-24-18-16-14-12-10-8-6-4-2)39-55-46-44(50)45(58-59(51,52)53)43(49)41(37-47)57-46/h8,10,13-16,19-20,40-41,43-47,49-50H,3-7,9,11-12,17-18,21-39H2,1-2H3,(H,51,52,53)/b10-8-,15-13-,16-14-,20-19-. The molecule has 0 saturated carbocycles. The van der Waals surface area contributed by atoms with Crippen molar-refractivity contribution in [2.24, 2.45) is 0 Å². The van der Waals surface area contributed by atoms with Crippen LogP contribution in [0.1, 0.15) is 174 Å². The van der Waals surface area contributed by atoms with Crippen molar-refractivity contribution in [3.63, 3.8) is 0 Å². The van der Waals surface area contributed by atoms with Gasteiger partial charge in [0.05, 0.1) is 19.8 Å². The number of allylic oxidation sites excluding steroid dienone is 8. The summed E-state index contributed by atoms with van der Waals surface area (Å²) in [7, 11) is -5.06. The fourth-order valence-corrected chi connectivity index (χ4v) is 7.19. The van der Waals surface area contributed by atoms with Gasteiger partial charge in [-0.1, -0.05) is 146 Å². The van der Waals surface area contributed by atoms with Crippen molar-refractivity contribution in [2.75, 3.05) is 26.4 Å². The second-order valence-electron chi connectivity index (χ2n) is 15.6. The molecule has 12 nitrogen and oxygen atoms in total. The SMILES string of the molecule is CCC/C=C\C/C=C\CCCCCCCCOCC(COC1OC(CO)C(O)C(OS(=O)(=O)O)C1O)OC(=O)CCCCCCCCC/C=C\C/C=C\CCCCCC. The van der Waals surface area contributed by atoms with Crippen molar-refractivity contribution >= 4 is 16.4 Å². The lowest BCUT2D eigenvalue weighted by Crippen LogP contribution is -2.60. The summed E-state index contributed by atoms with van der Waals surface area (Å²) in [4.78, 5) is 12.9. The number of carbonyl (C=O) groups is 1. The molecule has 0 aromatic carbocycles. The summed E-state index contributed by atoms with van der Waals surface area (Å²) in [6.45, 7) is 3.87. The van der Waals surface area contributed by atoms with Gasteiger partial charge in [-0.2, -0.15) is 8.42 Å². The zero-order valence-electron chi connectivity index (χ0n) is 36.6. The van der Waals surface area contributed by atoms with Crippen LogP contribution in [0.2, 0.25) is 0 Å². The summed E-state index contributed by atoms with van der Waals surface area (Å²) < 4.78 is 59.0. The summed E-state index contributed by atoms with van der Waals surface area (Å²) in [5, 5.41) is 30.7. The fourth-order valence-electron chi connectivity index (χ4n) is 6.68. The minimum atomic E-state index is -5.06. The van der Waals surface area contributed by atoms with E-state index < -0.39 is 59.8 Å². The molecule has 1 saturated heterocycles. The van der Waals surface area contributed by atoms with Crippen LogP contribution in [0.5, 0.6) is 0 Å². The van der Waals surface area contributed by atoms with Crippen molar-refractivity contribution in [2.45, 2.75) is 211 Å². The van der Waals surface area contributed by atoms with Crippen LogP contribution in [0.3, 0.4) is 0 Å². The smallest absolute Gasteiger partial charge is 0.397 e. The molecule has 0 bridgehead atoms. The second-order valence-corrected chi connectivity index (χ2v) is 16.7. The molecular formula is C46H82O12S. The lowest BCUT2D eigenvalue weighted by molar-refractivity contribution is -0.301. The van der Waals surface area contributed by atoms with Gasteiger partial charge in [0.2, 0.25) is 0 Å². The van der Waals surface area contributed by atoms with Crippen LogP contribution >= 0.6 is 0 Å². The van der Waals surface area contributed by atoms with Crippen molar-refractivity contribution in [1.29, 1.82) is 0 Å². The highest BCUT2D eigenvalue weighted by Gasteiger charge is 2.48. The molecule has 13 heteroatoms. The van der Waals surface area contributed by atoms with Crippen LogP contribution in [0, 0.1) is 0 Å². The predicted molar refractivity (Wildman–Crippen MR) is 234 cm³/mol. The molecule has 0 aromatic rings. The van der Waals surface area contributed by atoms with Gasteiger partial charge in [0, 0.05) is 13.0 Å². The zero-order chi connectivity index (χ0) is 43.2. The van der Waals surface area contributed by atoms with Gasteiger partial charge in [-0.15, -0.1) is 0 Å². The quantitative estimate of drug-likeness (QED) is 0.0199. The topological polar surface area (TPSA) is 178 Å². The van der Waals surface area contributed by atoms with Crippen LogP contribution in [0.25, 0.3) is 0 Å². The molecule has 6 atom stereocenters. The van der Waals surface area contributed by atoms with E-state index in [0.29, 0.717) is 13.0 Å². The largest absolute Gasteiger partial charge is 0.457 e. The molecule has 0 aliphatic carbocycles. The summed E-state index contributed by atoms with van der Waals surface area (Å²) >= 11 is 0. The molecule has 0 amide bonds. The summed E-state index contributed by atoms with van der Waals surface area (Å²) in [5.74, 6) is -0.413. The third-order valence-electron chi connectivity index (χ3n) is 10.2. The molecule has 59 heavy (non-hydrogen) atoms. The average Bonchev–Trinajstić information content (AvgIpc) is 3.20. The van der Waals surface area contributed by atoms with E-state index in [2.05, 4.69) is 66.6 Å². The Morgan fingerprint density at radius 2 is 1.15 bits per heavy atom. The predicted octanol–water partition coefficient (Wildman–Crippen LogP) is 9.58. The number of rotatable bonds is 39. The number of hydrogen-bond acceptors (Lipinski definition) is 11. The van der Waals surface area contributed by atoms with E-state index in [9.17, 15) is 28.5 Å². The monoisotopic (exact) mass is 859 g/mol. The highest BCUT2D eigenvalue weighted by atomic mass is 32.3. The highest BCUT2D eigenvalue weighted by molar-refractivity contribution is 7.80.